The van der Waals surface area contributed by atoms with E-state index in [1.54, 1.807) is 6.26 Å². The number of nitrogens with zero attached hydrogens (tertiary/aromatic N) is 3. The van der Waals surface area contributed by atoms with Crippen LogP contribution in [0.25, 0.3) is 11.5 Å². The normalized spacial score (nSPS) is 16.8. The first kappa shape index (κ1) is 18.2. The molecule has 3 heterocycles. The van der Waals surface area contributed by atoms with Crippen molar-refractivity contribution in [2.75, 3.05) is 23.3 Å². The van der Waals surface area contributed by atoms with Crippen LogP contribution < -0.4 is 10.2 Å². The number of furan rings is 1. The lowest BCUT2D eigenvalue weighted by molar-refractivity contribution is -0.120. The first-order valence-electron chi connectivity index (χ1n) is 9.61. The second kappa shape index (κ2) is 7.84. The number of hydrogen-bond acceptors (Lipinski definition) is 5. The highest BCUT2D eigenvalue weighted by Crippen LogP contribution is 2.25. The molecule has 0 spiro atoms. The van der Waals surface area contributed by atoms with Crippen LogP contribution in [0.2, 0.25) is 0 Å². The van der Waals surface area contributed by atoms with Gasteiger partial charge in [-0.25, -0.2) is 0 Å². The number of carbonyl (C=O) groups is 1. The van der Waals surface area contributed by atoms with Gasteiger partial charge < -0.3 is 14.6 Å². The largest absolute Gasteiger partial charge is 0.463 e. The van der Waals surface area contributed by atoms with Crippen LogP contribution in [-0.2, 0) is 4.79 Å². The highest BCUT2D eigenvalue weighted by molar-refractivity contribution is 5.93. The summed E-state index contributed by atoms with van der Waals surface area (Å²) >= 11 is 0. The quantitative estimate of drug-likeness (QED) is 0.739. The highest BCUT2D eigenvalue weighted by Gasteiger charge is 2.27. The van der Waals surface area contributed by atoms with E-state index in [9.17, 15) is 4.79 Å². The van der Waals surface area contributed by atoms with E-state index < -0.39 is 0 Å². The maximum atomic E-state index is 12.8. The van der Waals surface area contributed by atoms with Crippen molar-refractivity contribution < 1.29 is 9.21 Å². The Balaban J connectivity index is 1.44. The molecular formula is C22H24N4O2. The monoisotopic (exact) mass is 376 g/mol. The van der Waals surface area contributed by atoms with Crippen LogP contribution in [0.4, 0.5) is 11.5 Å². The molecule has 144 valence electrons. The van der Waals surface area contributed by atoms with Crippen molar-refractivity contribution in [1.82, 2.24) is 10.2 Å². The zero-order valence-electron chi connectivity index (χ0n) is 16.2. The number of nitrogens with one attached hydrogen (secondary N) is 1. The number of aromatic nitrogens is 2. The zero-order chi connectivity index (χ0) is 19.5. The SMILES string of the molecule is Cc1cccc(NC(=O)C2CCCN(c3ccc(-c4ccco4)nn3)C2)c1C. The molecule has 6 heteroatoms. The van der Waals surface area contributed by atoms with Gasteiger partial charge in [-0.1, -0.05) is 12.1 Å². The topological polar surface area (TPSA) is 71.3 Å². The van der Waals surface area contributed by atoms with E-state index in [0.29, 0.717) is 18.0 Å². The van der Waals surface area contributed by atoms with Crippen LogP contribution >= 0.6 is 0 Å². The Bertz CT molecular complexity index is 951. The molecular weight excluding hydrogens is 352 g/mol. The van der Waals surface area contributed by atoms with E-state index in [-0.39, 0.29) is 11.8 Å². The summed E-state index contributed by atoms with van der Waals surface area (Å²) in [5.74, 6) is 1.49. The van der Waals surface area contributed by atoms with Gasteiger partial charge in [0.1, 0.15) is 5.69 Å². The van der Waals surface area contributed by atoms with E-state index in [4.69, 9.17) is 4.42 Å². The fraction of sp³-hybridized carbons (Fsp3) is 0.318. The smallest absolute Gasteiger partial charge is 0.229 e. The molecule has 2 aromatic heterocycles. The molecule has 1 aromatic carbocycles. The zero-order valence-corrected chi connectivity index (χ0v) is 16.2. The third-order valence-corrected chi connectivity index (χ3v) is 5.40. The predicted octanol–water partition coefficient (Wildman–Crippen LogP) is 4.21. The van der Waals surface area contributed by atoms with Crippen LogP contribution in [0, 0.1) is 19.8 Å². The van der Waals surface area contributed by atoms with Crippen molar-refractivity contribution >= 4 is 17.4 Å². The number of aryl methyl sites for hydroxylation is 1. The van der Waals surface area contributed by atoms with Crippen LogP contribution in [0.15, 0.2) is 53.1 Å². The molecule has 1 aliphatic rings. The van der Waals surface area contributed by atoms with Gasteiger partial charge in [0.25, 0.3) is 0 Å². The Morgan fingerprint density at radius 2 is 2.04 bits per heavy atom. The van der Waals surface area contributed by atoms with E-state index >= 15 is 0 Å². The molecule has 28 heavy (non-hydrogen) atoms. The summed E-state index contributed by atoms with van der Waals surface area (Å²) in [5, 5.41) is 11.7. The van der Waals surface area contributed by atoms with Crippen molar-refractivity contribution in [2.45, 2.75) is 26.7 Å². The molecule has 1 unspecified atom stereocenters. The van der Waals surface area contributed by atoms with Gasteiger partial charge in [0.2, 0.25) is 5.91 Å². The van der Waals surface area contributed by atoms with Gasteiger partial charge in [-0.15, -0.1) is 10.2 Å². The maximum absolute atomic E-state index is 12.8. The minimum Gasteiger partial charge on any atom is -0.463 e. The van der Waals surface area contributed by atoms with Gasteiger partial charge >= 0.3 is 0 Å². The molecule has 0 bridgehead atoms. The van der Waals surface area contributed by atoms with E-state index in [2.05, 4.69) is 33.4 Å². The molecule has 1 atom stereocenters. The Morgan fingerprint density at radius 3 is 2.79 bits per heavy atom. The number of anilines is 2. The first-order valence-corrected chi connectivity index (χ1v) is 9.61. The number of rotatable bonds is 4. The second-order valence-corrected chi connectivity index (χ2v) is 7.28. The van der Waals surface area contributed by atoms with Gasteiger partial charge in [-0.3, -0.25) is 4.79 Å². The number of hydrogen-bond donors (Lipinski definition) is 1. The van der Waals surface area contributed by atoms with Gasteiger partial charge in [0.05, 0.1) is 12.2 Å². The Labute approximate surface area is 164 Å². The van der Waals surface area contributed by atoms with Crippen molar-refractivity contribution in [3.05, 3.63) is 59.9 Å². The van der Waals surface area contributed by atoms with E-state index in [1.165, 1.54) is 5.56 Å². The minimum atomic E-state index is -0.0692. The first-order chi connectivity index (χ1) is 13.6. The molecule has 4 rings (SSSR count). The lowest BCUT2D eigenvalue weighted by Crippen LogP contribution is -2.41. The van der Waals surface area contributed by atoms with Gasteiger partial charge in [0.15, 0.2) is 11.6 Å². The summed E-state index contributed by atoms with van der Waals surface area (Å²) in [6.07, 6.45) is 3.45. The van der Waals surface area contributed by atoms with E-state index in [1.807, 2.05) is 43.3 Å². The molecule has 1 fully saturated rings. The number of amides is 1. The van der Waals surface area contributed by atoms with E-state index in [0.717, 1.165) is 36.5 Å². The lowest BCUT2D eigenvalue weighted by atomic mass is 9.96. The van der Waals surface area contributed by atoms with Crippen LogP contribution in [0.5, 0.6) is 0 Å². The average Bonchev–Trinajstić information content (AvgIpc) is 3.26. The maximum Gasteiger partial charge on any atom is 0.229 e. The lowest BCUT2D eigenvalue weighted by Gasteiger charge is -2.32. The Hall–Kier alpha value is -3.15. The summed E-state index contributed by atoms with van der Waals surface area (Å²) in [6.45, 7) is 5.61. The molecule has 0 radical (unpaired) electrons. The summed E-state index contributed by atoms with van der Waals surface area (Å²) in [5.41, 5.74) is 3.89. The summed E-state index contributed by atoms with van der Waals surface area (Å²) in [6, 6.07) is 13.5. The van der Waals surface area contributed by atoms with Crippen molar-refractivity contribution in [3.8, 4) is 11.5 Å². The fourth-order valence-electron chi connectivity index (χ4n) is 3.57. The van der Waals surface area contributed by atoms with Crippen molar-refractivity contribution in [2.24, 2.45) is 5.92 Å². The van der Waals surface area contributed by atoms with Crippen molar-refractivity contribution in [3.63, 3.8) is 0 Å². The summed E-state index contributed by atoms with van der Waals surface area (Å²) in [4.78, 5) is 15.0. The summed E-state index contributed by atoms with van der Waals surface area (Å²) < 4.78 is 5.36. The predicted molar refractivity (Wildman–Crippen MR) is 109 cm³/mol. The fourth-order valence-corrected chi connectivity index (χ4v) is 3.57. The molecule has 0 aliphatic carbocycles. The molecule has 3 aromatic rings. The van der Waals surface area contributed by atoms with Gasteiger partial charge in [0, 0.05) is 18.8 Å². The summed E-state index contributed by atoms with van der Waals surface area (Å²) in [7, 11) is 0. The van der Waals surface area contributed by atoms with Gasteiger partial charge in [-0.2, -0.15) is 0 Å². The molecule has 6 nitrogen and oxygen atoms in total. The van der Waals surface area contributed by atoms with Crippen LogP contribution in [0.1, 0.15) is 24.0 Å². The number of carbonyl (C=O) groups excluding carboxylic acids is 1. The van der Waals surface area contributed by atoms with Gasteiger partial charge in [-0.05, 0) is 68.1 Å². The van der Waals surface area contributed by atoms with Crippen LogP contribution in [0.3, 0.4) is 0 Å². The standard InChI is InChI=1S/C22H24N4O2/c1-15-6-3-8-18(16(15)2)23-22(27)17-7-4-12-26(14-17)21-11-10-19(24-25-21)20-9-5-13-28-20/h3,5-6,8-11,13,17H,4,7,12,14H2,1-2H3,(H,23,27). The Morgan fingerprint density at radius 1 is 1.14 bits per heavy atom. The number of piperidine rings is 1. The Kier molecular flexibility index (Phi) is 5.10. The molecule has 1 saturated heterocycles. The molecule has 0 saturated carbocycles. The average molecular weight is 376 g/mol. The number of benzene rings is 1. The molecule has 1 aliphatic heterocycles. The second-order valence-electron chi connectivity index (χ2n) is 7.28. The molecule has 1 N–H and O–H groups in total. The van der Waals surface area contributed by atoms with Crippen molar-refractivity contribution in [1.29, 1.82) is 0 Å². The third-order valence-electron chi connectivity index (χ3n) is 5.40. The minimum absolute atomic E-state index is 0.0681. The third kappa shape index (κ3) is 3.76. The molecule has 1 amide bonds. The van der Waals surface area contributed by atoms with Crippen LogP contribution in [-0.4, -0.2) is 29.2 Å². The highest BCUT2D eigenvalue weighted by atomic mass is 16.3.